The second-order valence-electron chi connectivity index (χ2n) is 3.64. The summed E-state index contributed by atoms with van der Waals surface area (Å²) in [6, 6.07) is 5.12. The number of hydrogen-bond donors (Lipinski definition) is 0. The van der Waals surface area contributed by atoms with Crippen LogP contribution >= 0.6 is 0 Å². The lowest BCUT2D eigenvalue weighted by molar-refractivity contribution is -0.116. The van der Waals surface area contributed by atoms with Gasteiger partial charge in [0.25, 0.3) is 0 Å². The summed E-state index contributed by atoms with van der Waals surface area (Å²) in [5.74, 6) is 0.313. The second-order valence-corrected chi connectivity index (χ2v) is 3.64. The third-order valence-electron chi connectivity index (χ3n) is 2.28. The zero-order chi connectivity index (χ0) is 12.4. The maximum Gasteiger partial charge on any atom is 0.358 e. The van der Waals surface area contributed by atoms with Gasteiger partial charge in [-0.05, 0) is 19.1 Å². The standard InChI is InChI=1S/C12H11NO4/c1-7(14)6-9-12(15)17-11-8(13-9)4-3-5-10(11)16-2/h3-5H,6H2,1-2H3. The zero-order valence-corrected chi connectivity index (χ0v) is 9.52. The minimum Gasteiger partial charge on any atom is -0.493 e. The van der Waals surface area contributed by atoms with Crippen LogP contribution < -0.4 is 10.4 Å². The smallest absolute Gasteiger partial charge is 0.358 e. The molecule has 1 heterocycles. The highest BCUT2D eigenvalue weighted by Gasteiger charge is 2.11. The van der Waals surface area contributed by atoms with Crippen LogP contribution in [0.4, 0.5) is 0 Å². The molecule has 88 valence electrons. The topological polar surface area (TPSA) is 69.4 Å². The number of fused-ring (bicyclic) bond motifs is 1. The van der Waals surface area contributed by atoms with Crippen LogP contribution in [0.3, 0.4) is 0 Å². The van der Waals surface area contributed by atoms with Gasteiger partial charge in [-0.3, -0.25) is 4.79 Å². The molecular formula is C12H11NO4. The number of aromatic nitrogens is 1. The van der Waals surface area contributed by atoms with E-state index in [0.29, 0.717) is 16.8 Å². The summed E-state index contributed by atoms with van der Waals surface area (Å²) in [5.41, 5.74) is 0.322. The molecule has 0 spiro atoms. The summed E-state index contributed by atoms with van der Waals surface area (Å²) in [5, 5.41) is 0. The Labute approximate surface area is 97.0 Å². The molecule has 17 heavy (non-hydrogen) atoms. The van der Waals surface area contributed by atoms with Crippen molar-refractivity contribution in [1.29, 1.82) is 0 Å². The molecule has 0 aliphatic rings. The van der Waals surface area contributed by atoms with E-state index in [9.17, 15) is 9.59 Å². The summed E-state index contributed by atoms with van der Waals surface area (Å²) < 4.78 is 10.2. The highest BCUT2D eigenvalue weighted by atomic mass is 16.5. The molecule has 1 aromatic carbocycles. The Balaban J connectivity index is 2.66. The number of benzene rings is 1. The molecule has 2 aromatic rings. The largest absolute Gasteiger partial charge is 0.493 e. The molecule has 0 bridgehead atoms. The molecule has 0 N–H and O–H groups in total. The van der Waals surface area contributed by atoms with E-state index >= 15 is 0 Å². The third kappa shape index (κ3) is 2.18. The Morgan fingerprint density at radius 3 is 2.88 bits per heavy atom. The van der Waals surface area contributed by atoms with Gasteiger partial charge in [0.05, 0.1) is 13.5 Å². The van der Waals surface area contributed by atoms with E-state index in [-0.39, 0.29) is 17.9 Å². The number of para-hydroxylation sites is 1. The van der Waals surface area contributed by atoms with E-state index in [1.807, 2.05) is 0 Å². The molecule has 0 radical (unpaired) electrons. The normalized spacial score (nSPS) is 10.5. The van der Waals surface area contributed by atoms with Crippen molar-refractivity contribution >= 4 is 16.9 Å². The molecule has 5 heteroatoms. The molecule has 0 unspecified atom stereocenters. The molecule has 5 nitrogen and oxygen atoms in total. The molecule has 0 amide bonds. The highest BCUT2D eigenvalue weighted by molar-refractivity contribution is 5.80. The lowest BCUT2D eigenvalue weighted by atomic mass is 10.2. The molecule has 0 aliphatic carbocycles. The number of hydrogen-bond acceptors (Lipinski definition) is 5. The van der Waals surface area contributed by atoms with Crippen LogP contribution in [0.1, 0.15) is 12.6 Å². The first-order valence-electron chi connectivity index (χ1n) is 5.08. The van der Waals surface area contributed by atoms with Crippen molar-refractivity contribution in [2.75, 3.05) is 7.11 Å². The number of rotatable bonds is 3. The fourth-order valence-corrected chi connectivity index (χ4v) is 1.55. The van der Waals surface area contributed by atoms with E-state index in [2.05, 4.69) is 4.98 Å². The summed E-state index contributed by atoms with van der Waals surface area (Å²) in [7, 11) is 1.48. The van der Waals surface area contributed by atoms with Crippen LogP contribution in [0.25, 0.3) is 11.1 Å². The van der Waals surface area contributed by atoms with Crippen LogP contribution in [-0.4, -0.2) is 17.9 Å². The minimum atomic E-state index is -0.600. The second kappa shape index (κ2) is 4.37. The van der Waals surface area contributed by atoms with E-state index in [1.54, 1.807) is 18.2 Å². The summed E-state index contributed by atoms with van der Waals surface area (Å²) >= 11 is 0. The molecule has 1 aromatic heterocycles. The molecule has 2 rings (SSSR count). The quantitative estimate of drug-likeness (QED) is 0.799. The van der Waals surface area contributed by atoms with Gasteiger partial charge in [0.15, 0.2) is 11.3 Å². The van der Waals surface area contributed by atoms with Gasteiger partial charge in [0.2, 0.25) is 0 Å². The Kier molecular flexibility index (Phi) is 2.91. The predicted molar refractivity (Wildman–Crippen MR) is 61.2 cm³/mol. The van der Waals surface area contributed by atoms with Crippen molar-refractivity contribution in [3.63, 3.8) is 0 Å². The summed E-state index contributed by atoms with van der Waals surface area (Å²) in [4.78, 5) is 26.7. The lowest BCUT2D eigenvalue weighted by Gasteiger charge is -2.03. The Morgan fingerprint density at radius 2 is 2.24 bits per heavy atom. The molecule has 0 fully saturated rings. The Bertz CT molecular complexity index is 630. The third-order valence-corrected chi connectivity index (χ3v) is 2.28. The molecule has 0 saturated heterocycles. The van der Waals surface area contributed by atoms with E-state index < -0.39 is 5.63 Å². The van der Waals surface area contributed by atoms with Crippen LogP contribution in [0.15, 0.2) is 27.4 Å². The molecule has 0 saturated carbocycles. The number of ketones is 1. The van der Waals surface area contributed by atoms with Crippen molar-refractivity contribution in [1.82, 2.24) is 4.98 Å². The van der Waals surface area contributed by atoms with Crippen molar-refractivity contribution in [2.24, 2.45) is 0 Å². The van der Waals surface area contributed by atoms with E-state index in [1.165, 1.54) is 14.0 Å². The Morgan fingerprint density at radius 1 is 1.47 bits per heavy atom. The monoisotopic (exact) mass is 233 g/mol. The zero-order valence-electron chi connectivity index (χ0n) is 9.52. The number of Topliss-reactive ketones (excluding diaryl/α,β-unsaturated/α-hetero) is 1. The van der Waals surface area contributed by atoms with Crippen LogP contribution in [0.2, 0.25) is 0 Å². The van der Waals surface area contributed by atoms with Crippen LogP contribution in [0, 0.1) is 0 Å². The number of nitrogens with zero attached hydrogens (tertiary/aromatic N) is 1. The van der Waals surface area contributed by atoms with Crippen LogP contribution in [-0.2, 0) is 11.2 Å². The fourth-order valence-electron chi connectivity index (χ4n) is 1.55. The number of carbonyl (C=O) groups excluding carboxylic acids is 1. The first-order valence-corrected chi connectivity index (χ1v) is 5.08. The SMILES string of the molecule is COc1cccc2nc(CC(C)=O)c(=O)oc12. The van der Waals surface area contributed by atoms with Gasteiger partial charge in [0, 0.05) is 0 Å². The van der Waals surface area contributed by atoms with Crippen molar-refractivity contribution < 1.29 is 13.9 Å². The van der Waals surface area contributed by atoms with E-state index in [4.69, 9.17) is 9.15 Å². The van der Waals surface area contributed by atoms with Gasteiger partial charge in [-0.2, -0.15) is 0 Å². The molecule has 0 atom stereocenters. The van der Waals surface area contributed by atoms with Crippen LogP contribution in [0.5, 0.6) is 5.75 Å². The van der Waals surface area contributed by atoms with Gasteiger partial charge in [-0.15, -0.1) is 0 Å². The van der Waals surface area contributed by atoms with Crippen molar-refractivity contribution in [2.45, 2.75) is 13.3 Å². The molecule has 0 aliphatic heterocycles. The van der Waals surface area contributed by atoms with Gasteiger partial charge in [-0.25, -0.2) is 9.78 Å². The average molecular weight is 233 g/mol. The minimum absolute atomic E-state index is 0.0184. The van der Waals surface area contributed by atoms with Crippen molar-refractivity contribution in [3.8, 4) is 5.75 Å². The fraction of sp³-hybridized carbons (Fsp3) is 0.250. The maximum absolute atomic E-state index is 11.6. The average Bonchev–Trinajstić information content (AvgIpc) is 2.29. The first kappa shape index (κ1) is 11.3. The van der Waals surface area contributed by atoms with Gasteiger partial charge in [-0.1, -0.05) is 6.07 Å². The summed E-state index contributed by atoms with van der Waals surface area (Å²) in [6.45, 7) is 1.40. The van der Waals surface area contributed by atoms with Gasteiger partial charge in [0.1, 0.15) is 17.0 Å². The predicted octanol–water partition coefficient (Wildman–Crippen LogP) is 1.33. The number of ether oxygens (including phenoxy) is 1. The number of methoxy groups -OCH3 is 1. The highest BCUT2D eigenvalue weighted by Crippen LogP contribution is 2.22. The van der Waals surface area contributed by atoms with Crippen molar-refractivity contribution in [3.05, 3.63) is 34.3 Å². The lowest BCUT2D eigenvalue weighted by Crippen LogP contribution is -2.13. The van der Waals surface area contributed by atoms with Gasteiger partial charge >= 0.3 is 5.63 Å². The Hall–Kier alpha value is -2.17. The maximum atomic E-state index is 11.6. The number of carbonyl (C=O) groups is 1. The summed E-state index contributed by atoms with van der Waals surface area (Å²) in [6.07, 6.45) is -0.0184. The van der Waals surface area contributed by atoms with E-state index in [0.717, 1.165) is 0 Å². The molecular weight excluding hydrogens is 222 g/mol. The van der Waals surface area contributed by atoms with Gasteiger partial charge < -0.3 is 9.15 Å². The first-order chi connectivity index (χ1) is 8.11.